The van der Waals surface area contributed by atoms with Crippen LogP contribution in [0.3, 0.4) is 0 Å². The van der Waals surface area contributed by atoms with E-state index in [0.29, 0.717) is 17.9 Å². The molecule has 1 N–H and O–H groups in total. The quantitative estimate of drug-likeness (QED) is 0.865. The third-order valence-corrected chi connectivity index (χ3v) is 4.40. The SMILES string of the molecule is COc1ccccc1-c1ccc(C(=O)OC2CCCC2C#N)c(=O)[nH]1. The molecule has 1 aliphatic rings. The number of pyridine rings is 1. The summed E-state index contributed by atoms with van der Waals surface area (Å²) in [6, 6.07) is 12.5. The molecule has 1 fully saturated rings. The molecule has 0 aliphatic heterocycles. The molecular formula is C19H18N2O4. The molecule has 2 atom stereocenters. The number of rotatable bonds is 4. The number of hydrogen-bond donors (Lipinski definition) is 1. The first-order chi connectivity index (χ1) is 12.1. The first kappa shape index (κ1) is 16.8. The number of para-hydroxylation sites is 1. The number of nitrogens with zero attached hydrogens (tertiary/aromatic N) is 1. The van der Waals surface area contributed by atoms with Gasteiger partial charge in [0.05, 0.1) is 24.8 Å². The van der Waals surface area contributed by atoms with Crippen LogP contribution < -0.4 is 10.3 Å². The highest BCUT2D eigenvalue weighted by Crippen LogP contribution is 2.29. The Morgan fingerprint density at radius 1 is 1.24 bits per heavy atom. The van der Waals surface area contributed by atoms with Crippen molar-refractivity contribution in [1.82, 2.24) is 4.98 Å². The Morgan fingerprint density at radius 2 is 2.04 bits per heavy atom. The number of ether oxygens (including phenoxy) is 2. The summed E-state index contributed by atoms with van der Waals surface area (Å²) in [5.41, 5.74) is 0.680. The molecule has 2 unspecified atom stereocenters. The summed E-state index contributed by atoms with van der Waals surface area (Å²) in [6.07, 6.45) is 1.78. The average Bonchev–Trinajstić information content (AvgIpc) is 3.08. The summed E-state index contributed by atoms with van der Waals surface area (Å²) in [6.45, 7) is 0. The molecular weight excluding hydrogens is 320 g/mol. The molecule has 2 aromatic rings. The molecule has 25 heavy (non-hydrogen) atoms. The van der Waals surface area contributed by atoms with Gasteiger partial charge in [0.2, 0.25) is 0 Å². The van der Waals surface area contributed by atoms with E-state index < -0.39 is 17.6 Å². The molecule has 1 aromatic carbocycles. The largest absolute Gasteiger partial charge is 0.496 e. The molecule has 6 heteroatoms. The van der Waals surface area contributed by atoms with Crippen LogP contribution in [0.25, 0.3) is 11.3 Å². The van der Waals surface area contributed by atoms with E-state index in [-0.39, 0.29) is 11.5 Å². The highest BCUT2D eigenvalue weighted by molar-refractivity contribution is 5.89. The van der Waals surface area contributed by atoms with Gasteiger partial charge in [-0.1, -0.05) is 12.1 Å². The fourth-order valence-electron chi connectivity index (χ4n) is 3.07. The smallest absolute Gasteiger partial charge is 0.344 e. The van der Waals surface area contributed by atoms with Crippen LogP contribution in [0, 0.1) is 17.2 Å². The first-order valence-corrected chi connectivity index (χ1v) is 8.11. The van der Waals surface area contributed by atoms with Crippen LogP contribution in [-0.4, -0.2) is 24.2 Å². The Kier molecular flexibility index (Phi) is 4.85. The highest BCUT2D eigenvalue weighted by atomic mass is 16.5. The highest BCUT2D eigenvalue weighted by Gasteiger charge is 2.31. The lowest BCUT2D eigenvalue weighted by Gasteiger charge is -2.14. The van der Waals surface area contributed by atoms with Gasteiger partial charge in [-0.05, 0) is 43.5 Å². The van der Waals surface area contributed by atoms with Crippen LogP contribution in [-0.2, 0) is 4.74 Å². The molecule has 1 saturated carbocycles. The standard InChI is InChI=1S/C19H18N2O4/c1-24-17-7-3-2-6-13(17)15-10-9-14(18(22)21-15)19(23)25-16-8-4-5-12(16)11-20/h2-3,6-7,9-10,12,16H,4-5,8H2,1H3,(H,21,22). The van der Waals surface area contributed by atoms with Gasteiger partial charge in [0.15, 0.2) is 0 Å². The topological polar surface area (TPSA) is 92.2 Å². The van der Waals surface area contributed by atoms with Gasteiger partial charge in [0.25, 0.3) is 5.56 Å². The second-order valence-corrected chi connectivity index (χ2v) is 5.93. The summed E-state index contributed by atoms with van der Waals surface area (Å²) in [5, 5.41) is 9.07. The van der Waals surface area contributed by atoms with Crippen molar-refractivity contribution in [1.29, 1.82) is 5.26 Å². The van der Waals surface area contributed by atoms with Crippen LogP contribution in [0.2, 0.25) is 0 Å². The van der Waals surface area contributed by atoms with Crippen LogP contribution in [0.1, 0.15) is 29.6 Å². The van der Waals surface area contributed by atoms with Gasteiger partial charge in [0.1, 0.15) is 17.4 Å². The lowest BCUT2D eigenvalue weighted by atomic mass is 10.1. The first-order valence-electron chi connectivity index (χ1n) is 8.11. The van der Waals surface area contributed by atoms with Gasteiger partial charge in [-0.15, -0.1) is 0 Å². The number of aromatic nitrogens is 1. The molecule has 3 rings (SSSR count). The number of carbonyl (C=O) groups excluding carboxylic acids is 1. The normalized spacial score (nSPS) is 19.2. The predicted octanol–water partition coefficient (Wildman–Crippen LogP) is 2.90. The Balaban J connectivity index is 1.84. The molecule has 6 nitrogen and oxygen atoms in total. The summed E-state index contributed by atoms with van der Waals surface area (Å²) < 4.78 is 10.7. The Labute approximate surface area is 145 Å². The van der Waals surface area contributed by atoms with Gasteiger partial charge in [-0.25, -0.2) is 4.79 Å². The lowest BCUT2D eigenvalue weighted by Crippen LogP contribution is -2.26. The van der Waals surface area contributed by atoms with E-state index in [1.54, 1.807) is 19.2 Å². The van der Waals surface area contributed by atoms with E-state index in [2.05, 4.69) is 11.1 Å². The molecule has 0 bridgehead atoms. The second kappa shape index (κ2) is 7.22. The number of nitriles is 1. The van der Waals surface area contributed by atoms with Crippen molar-refractivity contribution in [3.8, 4) is 23.1 Å². The third-order valence-electron chi connectivity index (χ3n) is 4.40. The fraction of sp³-hybridized carbons (Fsp3) is 0.316. The Bertz CT molecular complexity index is 881. The van der Waals surface area contributed by atoms with Crippen molar-refractivity contribution in [2.24, 2.45) is 5.92 Å². The number of aromatic amines is 1. The lowest BCUT2D eigenvalue weighted by molar-refractivity contribution is 0.0258. The van der Waals surface area contributed by atoms with Crippen LogP contribution >= 0.6 is 0 Å². The van der Waals surface area contributed by atoms with Gasteiger partial charge in [0, 0.05) is 5.56 Å². The molecule has 128 valence electrons. The predicted molar refractivity (Wildman–Crippen MR) is 91.2 cm³/mol. The number of carbonyl (C=O) groups is 1. The van der Waals surface area contributed by atoms with Crippen LogP contribution in [0.4, 0.5) is 0 Å². The molecule has 0 saturated heterocycles. The Hall–Kier alpha value is -3.07. The molecule has 0 amide bonds. The van der Waals surface area contributed by atoms with Crippen molar-refractivity contribution in [3.63, 3.8) is 0 Å². The van der Waals surface area contributed by atoms with E-state index >= 15 is 0 Å². The van der Waals surface area contributed by atoms with E-state index in [0.717, 1.165) is 18.4 Å². The molecule has 0 radical (unpaired) electrons. The average molecular weight is 338 g/mol. The van der Waals surface area contributed by atoms with Crippen molar-refractivity contribution >= 4 is 5.97 Å². The fourth-order valence-corrected chi connectivity index (χ4v) is 3.07. The zero-order valence-electron chi connectivity index (χ0n) is 13.8. The number of H-pyrrole nitrogens is 1. The summed E-state index contributed by atoms with van der Waals surface area (Å²) >= 11 is 0. The van der Waals surface area contributed by atoms with Crippen LogP contribution in [0.15, 0.2) is 41.2 Å². The van der Waals surface area contributed by atoms with E-state index in [1.807, 2.05) is 18.2 Å². The number of methoxy groups -OCH3 is 1. The number of esters is 1. The Morgan fingerprint density at radius 3 is 2.76 bits per heavy atom. The maximum absolute atomic E-state index is 12.3. The zero-order valence-corrected chi connectivity index (χ0v) is 13.8. The monoisotopic (exact) mass is 338 g/mol. The number of hydrogen-bond acceptors (Lipinski definition) is 5. The van der Waals surface area contributed by atoms with Crippen molar-refractivity contribution in [3.05, 3.63) is 52.3 Å². The van der Waals surface area contributed by atoms with Crippen molar-refractivity contribution < 1.29 is 14.3 Å². The minimum atomic E-state index is -0.694. The summed E-state index contributed by atoms with van der Waals surface area (Å²) in [7, 11) is 1.55. The molecule has 0 spiro atoms. The molecule has 1 aromatic heterocycles. The van der Waals surface area contributed by atoms with Gasteiger partial charge < -0.3 is 14.5 Å². The zero-order chi connectivity index (χ0) is 17.8. The van der Waals surface area contributed by atoms with Crippen molar-refractivity contribution in [2.75, 3.05) is 7.11 Å². The number of nitrogens with one attached hydrogen (secondary N) is 1. The van der Waals surface area contributed by atoms with Gasteiger partial charge in [-0.3, -0.25) is 4.79 Å². The van der Waals surface area contributed by atoms with E-state index in [4.69, 9.17) is 14.7 Å². The summed E-state index contributed by atoms with van der Waals surface area (Å²) in [5.74, 6) is -0.368. The third kappa shape index (κ3) is 3.41. The van der Waals surface area contributed by atoms with Gasteiger partial charge >= 0.3 is 5.97 Å². The van der Waals surface area contributed by atoms with E-state index in [9.17, 15) is 9.59 Å². The number of benzene rings is 1. The minimum absolute atomic E-state index is 0.0674. The van der Waals surface area contributed by atoms with Crippen LogP contribution in [0.5, 0.6) is 5.75 Å². The second-order valence-electron chi connectivity index (χ2n) is 5.93. The summed E-state index contributed by atoms with van der Waals surface area (Å²) in [4.78, 5) is 27.3. The maximum atomic E-state index is 12.3. The minimum Gasteiger partial charge on any atom is -0.496 e. The van der Waals surface area contributed by atoms with E-state index in [1.165, 1.54) is 6.07 Å². The van der Waals surface area contributed by atoms with Crippen molar-refractivity contribution in [2.45, 2.75) is 25.4 Å². The molecule has 1 heterocycles. The molecule has 1 aliphatic carbocycles. The van der Waals surface area contributed by atoms with Gasteiger partial charge in [-0.2, -0.15) is 5.26 Å². The maximum Gasteiger partial charge on any atom is 0.344 e.